The van der Waals surface area contributed by atoms with Crippen LogP contribution < -0.4 is 10.9 Å². The van der Waals surface area contributed by atoms with Crippen LogP contribution >= 0.6 is 0 Å². The SMILES string of the molecule is CC(C)CN(Cc1ccccc1CNNc1ccccc1)CC(C)C. The molecule has 2 rings (SSSR count). The van der Waals surface area contributed by atoms with Crippen LogP contribution in [0.3, 0.4) is 0 Å². The van der Waals surface area contributed by atoms with Crippen molar-refractivity contribution >= 4 is 5.69 Å². The fourth-order valence-electron chi connectivity index (χ4n) is 3.12. The molecule has 0 atom stereocenters. The third kappa shape index (κ3) is 7.29. The summed E-state index contributed by atoms with van der Waals surface area (Å²) in [6.45, 7) is 13.3. The molecule has 0 heterocycles. The smallest absolute Gasteiger partial charge is 0.0487 e. The van der Waals surface area contributed by atoms with E-state index in [9.17, 15) is 0 Å². The van der Waals surface area contributed by atoms with Crippen LogP contribution in [0.1, 0.15) is 38.8 Å². The minimum Gasteiger partial charge on any atom is -0.321 e. The molecule has 25 heavy (non-hydrogen) atoms. The van der Waals surface area contributed by atoms with E-state index in [1.54, 1.807) is 0 Å². The summed E-state index contributed by atoms with van der Waals surface area (Å²) in [5.41, 5.74) is 10.5. The largest absolute Gasteiger partial charge is 0.321 e. The van der Waals surface area contributed by atoms with Gasteiger partial charge in [0.2, 0.25) is 0 Å². The van der Waals surface area contributed by atoms with Gasteiger partial charge in [-0.05, 0) is 35.1 Å². The molecule has 0 unspecified atom stereocenters. The lowest BCUT2D eigenvalue weighted by Gasteiger charge is -2.27. The Hall–Kier alpha value is -1.84. The molecule has 3 heteroatoms. The molecular formula is C22H33N3. The van der Waals surface area contributed by atoms with Gasteiger partial charge in [0, 0.05) is 31.9 Å². The van der Waals surface area contributed by atoms with E-state index in [1.165, 1.54) is 11.1 Å². The van der Waals surface area contributed by atoms with E-state index in [0.717, 1.165) is 31.9 Å². The highest BCUT2D eigenvalue weighted by Crippen LogP contribution is 2.15. The maximum absolute atomic E-state index is 3.34. The molecule has 0 saturated heterocycles. The fourth-order valence-corrected chi connectivity index (χ4v) is 3.12. The van der Waals surface area contributed by atoms with Gasteiger partial charge in [-0.25, -0.2) is 5.43 Å². The van der Waals surface area contributed by atoms with Crippen molar-refractivity contribution in [2.75, 3.05) is 18.5 Å². The highest BCUT2D eigenvalue weighted by molar-refractivity contribution is 5.41. The predicted octanol–water partition coefficient (Wildman–Crippen LogP) is 4.92. The molecule has 0 aromatic heterocycles. The average molecular weight is 340 g/mol. The monoisotopic (exact) mass is 339 g/mol. The summed E-state index contributed by atoms with van der Waals surface area (Å²) in [6, 6.07) is 19.0. The lowest BCUT2D eigenvalue weighted by molar-refractivity contribution is 0.211. The summed E-state index contributed by atoms with van der Waals surface area (Å²) in [5, 5.41) is 0. The average Bonchev–Trinajstić information content (AvgIpc) is 2.56. The minimum absolute atomic E-state index is 0.684. The normalized spacial score (nSPS) is 11.5. The summed E-state index contributed by atoms with van der Waals surface area (Å²) in [7, 11) is 0. The van der Waals surface area contributed by atoms with E-state index in [0.29, 0.717) is 11.8 Å². The zero-order valence-corrected chi connectivity index (χ0v) is 16.1. The van der Waals surface area contributed by atoms with Gasteiger partial charge in [0.05, 0.1) is 0 Å². The van der Waals surface area contributed by atoms with Gasteiger partial charge in [-0.15, -0.1) is 0 Å². The first-order chi connectivity index (χ1) is 12.0. The van der Waals surface area contributed by atoms with Gasteiger partial charge in [0.15, 0.2) is 0 Å². The van der Waals surface area contributed by atoms with Crippen molar-refractivity contribution in [3.8, 4) is 0 Å². The number of para-hydroxylation sites is 1. The molecule has 0 bridgehead atoms. The van der Waals surface area contributed by atoms with Crippen LogP contribution in [-0.4, -0.2) is 18.0 Å². The molecule has 0 fully saturated rings. The molecular weight excluding hydrogens is 306 g/mol. The Kier molecular flexibility index (Phi) is 7.96. The summed E-state index contributed by atoms with van der Waals surface area (Å²) >= 11 is 0. The molecule has 2 aromatic carbocycles. The van der Waals surface area contributed by atoms with Crippen LogP contribution in [0.25, 0.3) is 0 Å². The molecule has 0 aliphatic carbocycles. The third-order valence-electron chi connectivity index (χ3n) is 4.04. The van der Waals surface area contributed by atoms with E-state index >= 15 is 0 Å². The maximum atomic E-state index is 3.34. The van der Waals surface area contributed by atoms with Gasteiger partial charge in [-0.1, -0.05) is 70.2 Å². The van der Waals surface area contributed by atoms with Crippen molar-refractivity contribution in [1.82, 2.24) is 10.3 Å². The Bertz CT molecular complexity index is 598. The van der Waals surface area contributed by atoms with Crippen molar-refractivity contribution in [3.63, 3.8) is 0 Å². The molecule has 0 saturated carbocycles. The van der Waals surface area contributed by atoms with E-state index < -0.39 is 0 Å². The summed E-state index contributed by atoms with van der Waals surface area (Å²) in [4.78, 5) is 2.58. The Labute approximate surface area is 153 Å². The maximum Gasteiger partial charge on any atom is 0.0487 e. The highest BCUT2D eigenvalue weighted by atomic mass is 15.3. The Morgan fingerprint density at radius 3 is 1.92 bits per heavy atom. The van der Waals surface area contributed by atoms with Crippen molar-refractivity contribution < 1.29 is 0 Å². The second-order valence-electron chi connectivity index (χ2n) is 7.60. The second-order valence-corrected chi connectivity index (χ2v) is 7.60. The quantitative estimate of drug-likeness (QED) is 0.602. The summed E-state index contributed by atoms with van der Waals surface area (Å²) in [6.07, 6.45) is 0. The predicted molar refractivity (Wildman–Crippen MR) is 108 cm³/mol. The first-order valence-electron chi connectivity index (χ1n) is 9.37. The molecule has 0 aliphatic heterocycles. The number of nitrogens with zero attached hydrogens (tertiary/aromatic N) is 1. The number of hydrogen-bond donors (Lipinski definition) is 2. The zero-order chi connectivity index (χ0) is 18.1. The molecule has 0 radical (unpaired) electrons. The van der Waals surface area contributed by atoms with Gasteiger partial charge in [0.25, 0.3) is 0 Å². The van der Waals surface area contributed by atoms with E-state index in [2.05, 4.69) is 79.8 Å². The number of hydrazine groups is 1. The standard InChI is InChI=1S/C22H33N3/c1-18(2)15-25(16-19(3)4)17-21-11-9-8-10-20(21)14-23-24-22-12-6-5-7-13-22/h5-13,18-19,23-24H,14-17H2,1-4H3. The van der Waals surface area contributed by atoms with Crippen molar-refractivity contribution in [2.24, 2.45) is 11.8 Å². The summed E-state index contributed by atoms with van der Waals surface area (Å²) in [5.74, 6) is 1.37. The van der Waals surface area contributed by atoms with Crippen molar-refractivity contribution in [2.45, 2.75) is 40.8 Å². The van der Waals surface area contributed by atoms with Gasteiger partial charge < -0.3 is 5.43 Å². The lowest BCUT2D eigenvalue weighted by Crippen LogP contribution is -2.31. The van der Waals surface area contributed by atoms with Crippen LogP contribution in [0, 0.1) is 11.8 Å². The zero-order valence-electron chi connectivity index (χ0n) is 16.1. The Morgan fingerprint density at radius 2 is 1.32 bits per heavy atom. The van der Waals surface area contributed by atoms with E-state index in [4.69, 9.17) is 0 Å². The second kappa shape index (κ2) is 10.2. The topological polar surface area (TPSA) is 27.3 Å². The van der Waals surface area contributed by atoms with Crippen LogP contribution in [0.15, 0.2) is 54.6 Å². The lowest BCUT2D eigenvalue weighted by atomic mass is 10.1. The van der Waals surface area contributed by atoms with Gasteiger partial charge >= 0.3 is 0 Å². The minimum atomic E-state index is 0.684. The van der Waals surface area contributed by atoms with Crippen molar-refractivity contribution in [1.29, 1.82) is 0 Å². The van der Waals surface area contributed by atoms with E-state index in [1.807, 2.05) is 18.2 Å². The Balaban J connectivity index is 1.98. The summed E-state index contributed by atoms with van der Waals surface area (Å²) < 4.78 is 0. The van der Waals surface area contributed by atoms with Gasteiger partial charge in [-0.2, -0.15) is 0 Å². The first kappa shape index (κ1) is 19.5. The van der Waals surface area contributed by atoms with Crippen LogP contribution in [-0.2, 0) is 13.1 Å². The molecule has 0 spiro atoms. The van der Waals surface area contributed by atoms with Crippen LogP contribution in [0.2, 0.25) is 0 Å². The van der Waals surface area contributed by atoms with Crippen LogP contribution in [0.5, 0.6) is 0 Å². The van der Waals surface area contributed by atoms with E-state index in [-0.39, 0.29) is 0 Å². The fraction of sp³-hybridized carbons (Fsp3) is 0.455. The molecule has 2 aromatic rings. The molecule has 0 amide bonds. The molecule has 3 nitrogen and oxygen atoms in total. The number of anilines is 1. The number of hydrogen-bond acceptors (Lipinski definition) is 3. The highest BCUT2D eigenvalue weighted by Gasteiger charge is 2.12. The first-order valence-corrected chi connectivity index (χ1v) is 9.37. The third-order valence-corrected chi connectivity index (χ3v) is 4.04. The number of rotatable bonds is 10. The molecule has 136 valence electrons. The Morgan fingerprint density at radius 1 is 0.760 bits per heavy atom. The van der Waals surface area contributed by atoms with Gasteiger partial charge in [0.1, 0.15) is 0 Å². The number of benzene rings is 2. The van der Waals surface area contributed by atoms with Crippen LogP contribution in [0.4, 0.5) is 5.69 Å². The molecule has 0 aliphatic rings. The van der Waals surface area contributed by atoms with Crippen molar-refractivity contribution in [3.05, 3.63) is 65.7 Å². The number of nitrogens with one attached hydrogen (secondary N) is 2. The van der Waals surface area contributed by atoms with Gasteiger partial charge in [-0.3, -0.25) is 4.90 Å². The molecule has 2 N–H and O–H groups in total.